The van der Waals surface area contributed by atoms with E-state index in [1.54, 1.807) is 12.4 Å². The molecule has 1 aromatic carbocycles. The fraction of sp³-hybridized carbons (Fsp3) is 0.0714. The van der Waals surface area contributed by atoms with Crippen molar-refractivity contribution in [3.05, 3.63) is 64.1 Å². The van der Waals surface area contributed by atoms with Gasteiger partial charge in [0.15, 0.2) is 0 Å². The molecule has 19 heavy (non-hydrogen) atoms. The molecular formula is C14H11IN4. The van der Waals surface area contributed by atoms with Crippen molar-refractivity contribution in [3.63, 3.8) is 0 Å². The molecule has 0 saturated heterocycles. The summed E-state index contributed by atoms with van der Waals surface area (Å²) in [6, 6.07) is 14.1. The zero-order valence-electron chi connectivity index (χ0n) is 10.1. The van der Waals surface area contributed by atoms with Crippen LogP contribution in [0.25, 0.3) is 11.3 Å². The number of pyridine rings is 1. The van der Waals surface area contributed by atoms with Gasteiger partial charge in [0.05, 0.1) is 6.54 Å². The van der Waals surface area contributed by atoms with Crippen LogP contribution in [0.3, 0.4) is 0 Å². The molecule has 0 atom stereocenters. The Morgan fingerprint density at radius 3 is 2.63 bits per heavy atom. The van der Waals surface area contributed by atoms with E-state index < -0.39 is 0 Å². The van der Waals surface area contributed by atoms with Gasteiger partial charge in [-0.05, 0) is 40.3 Å². The first-order valence-electron chi connectivity index (χ1n) is 5.88. The molecule has 5 heteroatoms. The fourth-order valence-corrected chi connectivity index (χ4v) is 2.52. The van der Waals surface area contributed by atoms with Gasteiger partial charge in [-0.1, -0.05) is 35.5 Å². The molecule has 0 spiro atoms. The van der Waals surface area contributed by atoms with Gasteiger partial charge in [-0.15, -0.1) is 5.10 Å². The van der Waals surface area contributed by atoms with Gasteiger partial charge < -0.3 is 0 Å². The van der Waals surface area contributed by atoms with Gasteiger partial charge in [-0.2, -0.15) is 0 Å². The van der Waals surface area contributed by atoms with E-state index in [1.165, 1.54) is 5.56 Å². The van der Waals surface area contributed by atoms with Gasteiger partial charge in [-0.25, -0.2) is 4.68 Å². The SMILES string of the molecule is Ic1c(-c2cccnc2)nnn1Cc1ccccc1. The van der Waals surface area contributed by atoms with Gasteiger partial charge in [0.2, 0.25) is 0 Å². The maximum atomic E-state index is 4.25. The van der Waals surface area contributed by atoms with Crippen molar-refractivity contribution in [1.82, 2.24) is 20.0 Å². The minimum absolute atomic E-state index is 0.729. The topological polar surface area (TPSA) is 43.6 Å². The summed E-state index contributed by atoms with van der Waals surface area (Å²) < 4.78 is 2.92. The first-order valence-corrected chi connectivity index (χ1v) is 6.96. The Balaban J connectivity index is 1.92. The van der Waals surface area contributed by atoms with Gasteiger partial charge in [0.1, 0.15) is 9.39 Å². The van der Waals surface area contributed by atoms with Crippen LogP contribution in [-0.2, 0) is 6.54 Å². The van der Waals surface area contributed by atoms with Crippen molar-refractivity contribution in [3.8, 4) is 11.3 Å². The molecule has 0 aliphatic carbocycles. The van der Waals surface area contributed by atoms with Crippen LogP contribution >= 0.6 is 22.6 Å². The molecular weight excluding hydrogens is 351 g/mol. The number of nitrogens with zero attached hydrogens (tertiary/aromatic N) is 4. The molecule has 0 amide bonds. The fourth-order valence-electron chi connectivity index (χ4n) is 1.84. The summed E-state index contributed by atoms with van der Waals surface area (Å²) in [5.74, 6) is 0. The molecule has 3 rings (SSSR count). The van der Waals surface area contributed by atoms with Crippen LogP contribution in [0.2, 0.25) is 0 Å². The van der Waals surface area contributed by atoms with Crippen LogP contribution in [0, 0.1) is 3.70 Å². The molecule has 2 aromatic heterocycles. The zero-order valence-corrected chi connectivity index (χ0v) is 12.2. The maximum Gasteiger partial charge on any atom is 0.128 e. The van der Waals surface area contributed by atoms with Crippen LogP contribution in [0.15, 0.2) is 54.9 Å². The standard InChI is InChI=1S/C14H11IN4/c15-14-13(12-7-4-8-16-9-12)17-18-19(14)10-11-5-2-1-3-6-11/h1-9H,10H2. The van der Waals surface area contributed by atoms with Crippen molar-refractivity contribution in [1.29, 1.82) is 0 Å². The predicted molar refractivity (Wildman–Crippen MR) is 81.5 cm³/mol. The lowest BCUT2D eigenvalue weighted by molar-refractivity contribution is 0.636. The first-order chi connectivity index (χ1) is 9.34. The molecule has 0 fully saturated rings. The second-order valence-corrected chi connectivity index (χ2v) is 5.14. The predicted octanol–water partition coefficient (Wildman–Crippen LogP) is 2.99. The molecule has 2 heterocycles. The monoisotopic (exact) mass is 362 g/mol. The Morgan fingerprint density at radius 2 is 1.89 bits per heavy atom. The van der Waals surface area contributed by atoms with E-state index in [1.807, 2.05) is 35.0 Å². The third kappa shape index (κ3) is 2.65. The summed E-state index contributed by atoms with van der Waals surface area (Å²) >= 11 is 2.28. The summed E-state index contributed by atoms with van der Waals surface area (Å²) in [6.45, 7) is 0.729. The Hall–Kier alpha value is -1.76. The molecule has 94 valence electrons. The third-order valence-electron chi connectivity index (χ3n) is 2.78. The van der Waals surface area contributed by atoms with E-state index in [4.69, 9.17) is 0 Å². The van der Waals surface area contributed by atoms with E-state index in [-0.39, 0.29) is 0 Å². The van der Waals surface area contributed by atoms with Gasteiger partial charge in [0, 0.05) is 18.0 Å². The lowest BCUT2D eigenvalue weighted by Gasteiger charge is -2.02. The summed E-state index contributed by atoms with van der Waals surface area (Å²) in [6.07, 6.45) is 3.56. The minimum atomic E-state index is 0.729. The number of halogens is 1. The molecule has 4 nitrogen and oxygen atoms in total. The Kier molecular flexibility index (Phi) is 3.54. The highest BCUT2D eigenvalue weighted by molar-refractivity contribution is 14.1. The molecule has 0 N–H and O–H groups in total. The van der Waals surface area contributed by atoms with Crippen molar-refractivity contribution in [2.75, 3.05) is 0 Å². The second-order valence-electron chi connectivity index (χ2n) is 4.11. The largest absolute Gasteiger partial charge is 0.264 e. The van der Waals surface area contributed by atoms with Gasteiger partial charge >= 0.3 is 0 Å². The molecule has 0 aliphatic rings. The third-order valence-corrected chi connectivity index (χ3v) is 3.85. The van der Waals surface area contributed by atoms with Crippen molar-refractivity contribution in [2.45, 2.75) is 6.54 Å². The highest BCUT2D eigenvalue weighted by atomic mass is 127. The maximum absolute atomic E-state index is 4.25. The van der Waals surface area contributed by atoms with Crippen LogP contribution in [-0.4, -0.2) is 20.0 Å². The normalized spacial score (nSPS) is 10.6. The number of hydrogen-bond donors (Lipinski definition) is 0. The highest BCUT2D eigenvalue weighted by Gasteiger charge is 2.12. The average molecular weight is 362 g/mol. The van der Waals surface area contributed by atoms with Gasteiger partial charge in [-0.3, -0.25) is 4.98 Å². The number of aromatic nitrogens is 4. The van der Waals surface area contributed by atoms with Crippen LogP contribution < -0.4 is 0 Å². The lowest BCUT2D eigenvalue weighted by atomic mass is 10.2. The van der Waals surface area contributed by atoms with Crippen molar-refractivity contribution < 1.29 is 0 Å². The molecule has 0 unspecified atom stereocenters. The highest BCUT2D eigenvalue weighted by Crippen LogP contribution is 2.22. The van der Waals surface area contributed by atoms with E-state index in [0.29, 0.717) is 0 Å². The number of benzene rings is 1. The van der Waals surface area contributed by atoms with E-state index in [2.05, 4.69) is 50.0 Å². The Labute approximate surface area is 124 Å². The molecule has 0 radical (unpaired) electrons. The number of hydrogen-bond acceptors (Lipinski definition) is 3. The molecule has 0 aliphatic heterocycles. The van der Waals surface area contributed by atoms with Crippen molar-refractivity contribution >= 4 is 22.6 Å². The van der Waals surface area contributed by atoms with E-state index in [9.17, 15) is 0 Å². The Morgan fingerprint density at radius 1 is 1.05 bits per heavy atom. The summed E-state index contributed by atoms with van der Waals surface area (Å²) in [4.78, 5) is 4.12. The molecule has 0 bridgehead atoms. The summed E-state index contributed by atoms with van der Waals surface area (Å²) in [5.41, 5.74) is 3.08. The summed E-state index contributed by atoms with van der Waals surface area (Å²) in [7, 11) is 0. The second kappa shape index (κ2) is 5.48. The quantitative estimate of drug-likeness (QED) is 0.673. The van der Waals surface area contributed by atoms with E-state index >= 15 is 0 Å². The zero-order chi connectivity index (χ0) is 13.1. The minimum Gasteiger partial charge on any atom is -0.264 e. The van der Waals surface area contributed by atoms with Crippen LogP contribution in [0.4, 0.5) is 0 Å². The average Bonchev–Trinajstić information content (AvgIpc) is 2.82. The Bertz CT molecular complexity index is 664. The molecule has 0 saturated carbocycles. The molecule has 3 aromatic rings. The lowest BCUT2D eigenvalue weighted by Crippen LogP contribution is -2.03. The first kappa shape index (κ1) is 12.3. The van der Waals surface area contributed by atoms with Crippen LogP contribution in [0.5, 0.6) is 0 Å². The van der Waals surface area contributed by atoms with Crippen LogP contribution in [0.1, 0.15) is 5.56 Å². The van der Waals surface area contributed by atoms with Gasteiger partial charge in [0.25, 0.3) is 0 Å². The van der Waals surface area contributed by atoms with E-state index in [0.717, 1.165) is 21.5 Å². The van der Waals surface area contributed by atoms with Crippen molar-refractivity contribution in [2.24, 2.45) is 0 Å². The summed E-state index contributed by atoms with van der Waals surface area (Å²) in [5, 5.41) is 8.47. The number of rotatable bonds is 3. The smallest absolute Gasteiger partial charge is 0.128 e.